The quantitative estimate of drug-likeness (QED) is 0.854. The fourth-order valence-corrected chi connectivity index (χ4v) is 3.88. The Morgan fingerprint density at radius 2 is 2.09 bits per heavy atom. The third-order valence-electron chi connectivity index (χ3n) is 4.93. The number of fused-ring (bicyclic) bond motifs is 1. The van der Waals surface area contributed by atoms with Gasteiger partial charge in [0, 0.05) is 32.8 Å². The molecule has 22 heavy (non-hydrogen) atoms. The summed E-state index contributed by atoms with van der Waals surface area (Å²) in [6, 6.07) is 7.08. The van der Waals surface area contributed by atoms with Crippen molar-refractivity contribution in [1.82, 2.24) is 10.0 Å². The van der Waals surface area contributed by atoms with Crippen molar-refractivity contribution in [3.05, 3.63) is 29.3 Å². The van der Waals surface area contributed by atoms with E-state index in [9.17, 15) is 0 Å². The Morgan fingerprint density at radius 1 is 1.23 bits per heavy atom. The Morgan fingerprint density at radius 3 is 2.86 bits per heavy atom. The number of nitrogens with zero attached hydrogens (tertiary/aromatic N) is 2. The van der Waals surface area contributed by atoms with Crippen LogP contribution in [0.2, 0.25) is 0 Å². The normalized spacial score (nSPS) is 26.7. The van der Waals surface area contributed by atoms with Crippen molar-refractivity contribution in [2.45, 2.75) is 38.8 Å². The molecular weight excluding hydrogens is 276 g/mol. The summed E-state index contributed by atoms with van der Waals surface area (Å²) in [7, 11) is 3.55. The van der Waals surface area contributed by atoms with Crippen LogP contribution in [-0.4, -0.2) is 50.0 Å². The SMILES string of the molecule is COCC1CCCN1N1Cc2ccc(OC)cc2CC(C)C1. The van der Waals surface area contributed by atoms with Crippen LogP contribution in [0.3, 0.4) is 0 Å². The molecule has 0 spiro atoms. The predicted molar refractivity (Wildman–Crippen MR) is 87.9 cm³/mol. The summed E-state index contributed by atoms with van der Waals surface area (Å²) < 4.78 is 10.8. The molecule has 2 atom stereocenters. The first-order chi connectivity index (χ1) is 10.7. The van der Waals surface area contributed by atoms with E-state index in [1.165, 1.54) is 24.0 Å². The number of ether oxygens (including phenoxy) is 2. The number of rotatable bonds is 4. The van der Waals surface area contributed by atoms with E-state index >= 15 is 0 Å². The maximum atomic E-state index is 5.42. The summed E-state index contributed by atoms with van der Waals surface area (Å²) in [5, 5.41) is 5.11. The van der Waals surface area contributed by atoms with Gasteiger partial charge >= 0.3 is 0 Å². The van der Waals surface area contributed by atoms with Gasteiger partial charge in [-0.05, 0) is 48.4 Å². The van der Waals surface area contributed by atoms with E-state index in [1.807, 2.05) is 7.11 Å². The molecule has 2 aliphatic heterocycles. The first-order valence-corrected chi connectivity index (χ1v) is 8.37. The molecule has 1 saturated heterocycles. The highest BCUT2D eigenvalue weighted by Gasteiger charge is 2.32. The monoisotopic (exact) mass is 304 g/mol. The van der Waals surface area contributed by atoms with Crippen molar-refractivity contribution in [1.29, 1.82) is 0 Å². The predicted octanol–water partition coefficient (Wildman–Crippen LogP) is 2.72. The smallest absolute Gasteiger partial charge is 0.119 e. The number of hydrazine groups is 1. The van der Waals surface area contributed by atoms with E-state index in [2.05, 4.69) is 35.1 Å². The molecule has 2 aliphatic rings. The molecule has 4 nitrogen and oxygen atoms in total. The third-order valence-corrected chi connectivity index (χ3v) is 4.93. The Labute approximate surface area is 134 Å². The van der Waals surface area contributed by atoms with Crippen molar-refractivity contribution in [2.24, 2.45) is 5.92 Å². The van der Waals surface area contributed by atoms with Gasteiger partial charge in [0.05, 0.1) is 13.7 Å². The molecule has 0 aliphatic carbocycles. The summed E-state index contributed by atoms with van der Waals surface area (Å²) >= 11 is 0. The summed E-state index contributed by atoms with van der Waals surface area (Å²) in [6.07, 6.45) is 3.65. The molecule has 122 valence electrons. The largest absolute Gasteiger partial charge is 0.497 e. The van der Waals surface area contributed by atoms with Crippen LogP contribution >= 0.6 is 0 Å². The van der Waals surface area contributed by atoms with E-state index in [0.717, 1.165) is 38.4 Å². The molecular formula is C18H28N2O2. The van der Waals surface area contributed by atoms with Gasteiger partial charge in [-0.3, -0.25) is 0 Å². The standard InChI is InChI=1S/C18H28N2O2/c1-14-9-16-10-18(22-3)7-6-15(16)12-19(11-14)20-8-4-5-17(20)13-21-2/h6-7,10,14,17H,4-5,8-9,11-13H2,1-3H3. The van der Waals surface area contributed by atoms with Crippen LogP contribution in [0.5, 0.6) is 5.75 Å². The van der Waals surface area contributed by atoms with Crippen LogP contribution in [0.15, 0.2) is 18.2 Å². The van der Waals surface area contributed by atoms with E-state index in [0.29, 0.717) is 12.0 Å². The van der Waals surface area contributed by atoms with Crippen molar-refractivity contribution in [3.63, 3.8) is 0 Å². The zero-order chi connectivity index (χ0) is 15.5. The van der Waals surface area contributed by atoms with Crippen LogP contribution in [0.25, 0.3) is 0 Å². The van der Waals surface area contributed by atoms with E-state index in [1.54, 1.807) is 7.11 Å². The molecule has 2 heterocycles. The highest BCUT2D eigenvalue weighted by Crippen LogP contribution is 2.29. The molecule has 1 aromatic carbocycles. The number of methoxy groups -OCH3 is 2. The van der Waals surface area contributed by atoms with Gasteiger partial charge in [-0.15, -0.1) is 0 Å². The van der Waals surface area contributed by atoms with Crippen molar-refractivity contribution >= 4 is 0 Å². The lowest BCUT2D eigenvalue weighted by molar-refractivity contribution is -0.0682. The van der Waals surface area contributed by atoms with Gasteiger partial charge in [0.1, 0.15) is 5.75 Å². The lowest BCUT2D eigenvalue weighted by Gasteiger charge is -2.36. The maximum absolute atomic E-state index is 5.42. The Bertz CT molecular complexity index is 506. The first kappa shape index (κ1) is 15.8. The maximum Gasteiger partial charge on any atom is 0.119 e. The summed E-state index contributed by atoms with van der Waals surface area (Å²) in [4.78, 5) is 0. The lowest BCUT2D eigenvalue weighted by Crippen LogP contribution is -2.47. The van der Waals surface area contributed by atoms with Gasteiger partial charge in [0.25, 0.3) is 0 Å². The number of hydrogen-bond acceptors (Lipinski definition) is 4. The van der Waals surface area contributed by atoms with Gasteiger partial charge in [-0.25, -0.2) is 10.0 Å². The van der Waals surface area contributed by atoms with Crippen LogP contribution in [-0.2, 0) is 17.7 Å². The minimum absolute atomic E-state index is 0.539. The van der Waals surface area contributed by atoms with E-state index in [-0.39, 0.29) is 0 Å². The minimum Gasteiger partial charge on any atom is -0.497 e. The first-order valence-electron chi connectivity index (χ1n) is 8.37. The molecule has 0 saturated carbocycles. The second-order valence-corrected chi connectivity index (χ2v) is 6.71. The Kier molecular flexibility index (Phi) is 5.01. The van der Waals surface area contributed by atoms with Crippen LogP contribution in [0.1, 0.15) is 30.9 Å². The molecule has 3 rings (SSSR count). The van der Waals surface area contributed by atoms with Gasteiger partial charge in [-0.1, -0.05) is 13.0 Å². The van der Waals surface area contributed by atoms with Gasteiger partial charge < -0.3 is 9.47 Å². The average molecular weight is 304 g/mol. The van der Waals surface area contributed by atoms with Crippen molar-refractivity contribution in [3.8, 4) is 5.75 Å². The third kappa shape index (κ3) is 3.29. The molecule has 0 radical (unpaired) electrons. The van der Waals surface area contributed by atoms with Crippen molar-refractivity contribution in [2.75, 3.05) is 33.9 Å². The molecule has 1 aromatic rings. The molecule has 2 unspecified atom stereocenters. The second kappa shape index (κ2) is 6.99. The Balaban J connectivity index is 1.81. The number of benzene rings is 1. The highest BCUT2D eigenvalue weighted by molar-refractivity contribution is 5.36. The second-order valence-electron chi connectivity index (χ2n) is 6.71. The summed E-state index contributed by atoms with van der Waals surface area (Å²) in [6.45, 7) is 6.47. The minimum atomic E-state index is 0.539. The van der Waals surface area contributed by atoms with Gasteiger partial charge in [0.2, 0.25) is 0 Å². The van der Waals surface area contributed by atoms with Crippen LogP contribution < -0.4 is 4.74 Å². The topological polar surface area (TPSA) is 24.9 Å². The average Bonchev–Trinajstić information content (AvgIpc) is 2.89. The van der Waals surface area contributed by atoms with E-state index in [4.69, 9.17) is 9.47 Å². The summed E-state index contributed by atoms with van der Waals surface area (Å²) in [5.41, 5.74) is 2.88. The number of hydrogen-bond donors (Lipinski definition) is 0. The highest BCUT2D eigenvalue weighted by atomic mass is 16.5. The fourth-order valence-electron chi connectivity index (χ4n) is 3.88. The molecule has 0 aromatic heterocycles. The molecule has 4 heteroatoms. The molecule has 0 N–H and O–H groups in total. The molecule has 0 amide bonds. The van der Waals surface area contributed by atoms with Crippen LogP contribution in [0.4, 0.5) is 0 Å². The zero-order valence-corrected chi connectivity index (χ0v) is 14.0. The summed E-state index contributed by atoms with van der Waals surface area (Å²) in [5.74, 6) is 1.62. The van der Waals surface area contributed by atoms with Crippen LogP contribution in [0, 0.1) is 5.92 Å². The van der Waals surface area contributed by atoms with Gasteiger partial charge in [0.15, 0.2) is 0 Å². The molecule has 0 bridgehead atoms. The zero-order valence-electron chi connectivity index (χ0n) is 14.0. The van der Waals surface area contributed by atoms with E-state index < -0.39 is 0 Å². The molecule has 1 fully saturated rings. The lowest BCUT2D eigenvalue weighted by atomic mass is 9.98. The van der Waals surface area contributed by atoms with Crippen molar-refractivity contribution < 1.29 is 9.47 Å². The van der Waals surface area contributed by atoms with Gasteiger partial charge in [-0.2, -0.15) is 0 Å². The Hall–Kier alpha value is -1.10. The fraction of sp³-hybridized carbons (Fsp3) is 0.667.